The molecule has 0 saturated carbocycles. The molecule has 1 aromatic rings. The highest BCUT2D eigenvalue weighted by molar-refractivity contribution is 6.30. The summed E-state index contributed by atoms with van der Waals surface area (Å²) in [7, 11) is 0. The average molecular weight is 203 g/mol. The first-order valence-corrected chi connectivity index (χ1v) is 4.62. The zero-order valence-corrected chi connectivity index (χ0v) is 8.18. The van der Waals surface area contributed by atoms with Gasteiger partial charge in [0.2, 0.25) is 0 Å². The van der Waals surface area contributed by atoms with Crippen LogP contribution in [-0.2, 0) is 0 Å². The van der Waals surface area contributed by atoms with E-state index >= 15 is 0 Å². The van der Waals surface area contributed by atoms with Crippen molar-refractivity contribution in [2.45, 2.75) is 19.3 Å². The number of benzene rings is 1. The third-order valence-electron chi connectivity index (χ3n) is 2.13. The maximum Gasteiger partial charge on any atom is 0.141 e. The summed E-state index contributed by atoms with van der Waals surface area (Å²) >= 11 is 5.62. The van der Waals surface area contributed by atoms with E-state index in [1.165, 1.54) is 6.07 Å². The van der Waals surface area contributed by atoms with E-state index in [4.69, 9.17) is 16.7 Å². The van der Waals surface area contributed by atoms with Crippen LogP contribution >= 0.6 is 11.6 Å². The molecule has 3 heteroatoms. The zero-order chi connectivity index (χ0) is 9.84. The van der Waals surface area contributed by atoms with Crippen LogP contribution in [0.2, 0.25) is 5.02 Å². The van der Waals surface area contributed by atoms with Crippen molar-refractivity contribution in [1.29, 1.82) is 0 Å². The molecule has 0 aromatic heterocycles. The molecule has 0 saturated heterocycles. The molecule has 1 aromatic carbocycles. The first kappa shape index (κ1) is 10.5. The fourth-order valence-electron chi connectivity index (χ4n) is 1.24. The maximum atomic E-state index is 12.8. The molecule has 13 heavy (non-hydrogen) atoms. The van der Waals surface area contributed by atoms with Crippen molar-refractivity contribution >= 4 is 11.6 Å². The Balaban J connectivity index is 2.95. The number of hydrogen-bond acceptors (Lipinski definition) is 1. The van der Waals surface area contributed by atoms with Crippen molar-refractivity contribution in [2.24, 2.45) is 0 Å². The lowest BCUT2D eigenvalue weighted by Gasteiger charge is -2.11. The van der Waals surface area contributed by atoms with Gasteiger partial charge in [0.25, 0.3) is 0 Å². The highest BCUT2D eigenvalue weighted by atomic mass is 35.5. The number of aliphatic hydroxyl groups excluding tert-OH is 1. The van der Waals surface area contributed by atoms with Gasteiger partial charge in [-0.25, -0.2) is 4.39 Å². The van der Waals surface area contributed by atoms with Gasteiger partial charge in [-0.2, -0.15) is 0 Å². The molecule has 0 heterocycles. The van der Waals surface area contributed by atoms with Gasteiger partial charge in [0.05, 0.1) is 5.02 Å². The summed E-state index contributed by atoms with van der Waals surface area (Å²) < 4.78 is 12.8. The van der Waals surface area contributed by atoms with Gasteiger partial charge in [-0.3, -0.25) is 0 Å². The molecule has 1 rings (SSSR count). The maximum absolute atomic E-state index is 12.8. The van der Waals surface area contributed by atoms with Crippen LogP contribution in [0.1, 0.15) is 24.8 Å². The third-order valence-corrected chi connectivity index (χ3v) is 2.42. The van der Waals surface area contributed by atoms with Gasteiger partial charge in [-0.15, -0.1) is 0 Å². The van der Waals surface area contributed by atoms with Crippen molar-refractivity contribution in [3.63, 3.8) is 0 Å². The van der Waals surface area contributed by atoms with Crippen LogP contribution in [0.25, 0.3) is 0 Å². The summed E-state index contributed by atoms with van der Waals surface area (Å²) in [5.41, 5.74) is 0.886. The Kier molecular flexibility index (Phi) is 3.70. The van der Waals surface area contributed by atoms with Crippen LogP contribution in [-0.4, -0.2) is 11.7 Å². The lowest BCUT2D eigenvalue weighted by Crippen LogP contribution is -2.02. The summed E-state index contributed by atoms with van der Waals surface area (Å²) in [4.78, 5) is 0. The quantitative estimate of drug-likeness (QED) is 0.799. The average Bonchev–Trinajstić information content (AvgIpc) is 2.13. The number of rotatable bonds is 3. The van der Waals surface area contributed by atoms with Crippen LogP contribution in [0.3, 0.4) is 0 Å². The molecule has 1 unspecified atom stereocenters. The lowest BCUT2D eigenvalue weighted by molar-refractivity contribution is 0.262. The first-order chi connectivity index (χ1) is 6.19. The topological polar surface area (TPSA) is 20.2 Å². The van der Waals surface area contributed by atoms with E-state index in [0.717, 1.165) is 12.0 Å². The standard InChI is InChI=1S/C10H12ClFO/c1-2-7(6-13)8-3-4-10(12)9(11)5-8/h3-5,7,13H,2,6H2,1H3. The second-order valence-corrected chi connectivity index (χ2v) is 3.37. The fraction of sp³-hybridized carbons (Fsp3) is 0.400. The Morgan fingerprint density at radius 2 is 2.23 bits per heavy atom. The molecule has 0 fully saturated rings. The van der Waals surface area contributed by atoms with E-state index < -0.39 is 5.82 Å². The largest absolute Gasteiger partial charge is 0.396 e. The second-order valence-electron chi connectivity index (χ2n) is 2.96. The van der Waals surface area contributed by atoms with E-state index in [1.807, 2.05) is 6.92 Å². The van der Waals surface area contributed by atoms with E-state index in [2.05, 4.69) is 0 Å². The van der Waals surface area contributed by atoms with Gasteiger partial charge < -0.3 is 5.11 Å². The van der Waals surface area contributed by atoms with Crippen molar-refractivity contribution in [2.75, 3.05) is 6.61 Å². The lowest BCUT2D eigenvalue weighted by atomic mass is 9.97. The molecule has 1 N–H and O–H groups in total. The Bertz CT molecular complexity index is 284. The molecule has 0 aliphatic heterocycles. The number of aliphatic hydroxyl groups is 1. The predicted molar refractivity (Wildman–Crippen MR) is 51.5 cm³/mol. The van der Waals surface area contributed by atoms with Crippen LogP contribution < -0.4 is 0 Å². The second kappa shape index (κ2) is 4.58. The van der Waals surface area contributed by atoms with Gasteiger partial charge in [0.1, 0.15) is 5.82 Å². The minimum atomic E-state index is -0.418. The van der Waals surface area contributed by atoms with Crippen LogP contribution in [0.4, 0.5) is 4.39 Å². The summed E-state index contributed by atoms with van der Waals surface area (Å²) in [6.45, 7) is 2.04. The van der Waals surface area contributed by atoms with Gasteiger partial charge in [-0.1, -0.05) is 24.6 Å². The molecule has 0 aliphatic rings. The first-order valence-electron chi connectivity index (χ1n) is 4.24. The van der Waals surface area contributed by atoms with Gasteiger partial charge in [0, 0.05) is 12.5 Å². The highest BCUT2D eigenvalue weighted by Gasteiger charge is 2.09. The van der Waals surface area contributed by atoms with Crippen LogP contribution in [0.15, 0.2) is 18.2 Å². The minimum absolute atomic E-state index is 0.0538. The third kappa shape index (κ3) is 2.42. The molecule has 0 bridgehead atoms. The van der Waals surface area contributed by atoms with Crippen molar-refractivity contribution in [3.8, 4) is 0 Å². The van der Waals surface area contributed by atoms with Gasteiger partial charge in [0.15, 0.2) is 0 Å². The summed E-state index contributed by atoms with van der Waals surface area (Å²) in [6.07, 6.45) is 0.818. The molecule has 0 spiro atoms. The van der Waals surface area contributed by atoms with Crippen LogP contribution in [0, 0.1) is 5.82 Å². The SMILES string of the molecule is CCC(CO)c1ccc(F)c(Cl)c1. The van der Waals surface area contributed by atoms with Gasteiger partial charge in [-0.05, 0) is 24.1 Å². The molecular formula is C10H12ClFO. The minimum Gasteiger partial charge on any atom is -0.396 e. The molecule has 0 amide bonds. The molecule has 1 atom stereocenters. The zero-order valence-electron chi connectivity index (χ0n) is 7.43. The molecular weight excluding hydrogens is 191 g/mol. The molecule has 72 valence electrons. The number of halogens is 2. The summed E-state index contributed by atoms with van der Waals surface area (Å²) in [6, 6.07) is 4.56. The highest BCUT2D eigenvalue weighted by Crippen LogP contribution is 2.23. The van der Waals surface area contributed by atoms with Crippen LogP contribution in [0.5, 0.6) is 0 Å². The molecule has 1 nitrogen and oxygen atoms in total. The Morgan fingerprint density at radius 1 is 1.54 bits per heavy atom. The summed E-state index contributed by atoms with van der Waals surface area (Å²) in [5.74, 6) is -0.365. The number of hydrogen-bond donors (Lipinski definition) is 1. The van der Waals surface area contributed by atoms with E-state index in [0.29, 0.717) is 0 Å². The smallest absolute Gasteiger partial charge is 0.141 e. The monoisotopic (exact) mass is 202 g/mol. The Morgan fingerprint density at radius 3 is 2.69 bits per heavy atom. The fourth-order valence-corrected chi connectivity index (χ4v) is 1.43. The van der Waals surface area contributed by atoms with E-state index in [9.17, 15) is 4.39 Å². The van der Waals surface area contributed by atoms with E-state index in [-0.39, 0.29) is 17.5 Å². The summed E-state index contributed by atoms with van der Waals surface area (Å²) in [5, 5.41) is 9.12. The van der Waals surface area contributed by atoms with Crippen molar-refractivity contribution in [1.82, 2.24) is 0 Å². The van der Waals surface area contributed by atoms with Crippen molar-refractivity contribution < 1.29 is 9.50 Å². The van der Waals surface area contributed by atoms with E-state index in [1.54, 1.807) is 12.1 Å². The molecule has 0 aliphatic carbocycles. The van der Waals surface area contributed by atoms with Gasteiger partial charge >= 0.3 is 0 Å². The Labute approximate surface area is 82.2 Å². The Hall–Kier alpha value is -0.600. The normalized spacial score (nSPS) is 12.9. The van der Waals surface area contributed by atoms with Crippen molar-refractivity contribution in [3.05, 3.63) is 34.6 Å². The molecule has 0 radical (unpaired) electrons. The predicted octanol–water partition coefficient (Wildman–Crippen LogP) is 2.97.